The lowest BCUT2D eigenvalue weighted by molar-refractivity contribution is -0.124. The van der Waals surface area contributed by atoms with Gasteiger partial charge in [-0.25, -0.2) is 4.39 Å². The van der Waals surface area contributed by atoms with E-state index >= 15 is 0 Å². The van der Waals surface area contributed by atoms with E-state index in [1.165, 1.54) is 12.3 Å². The monoisotopic (exact) mass is 239 g/mol. The average molecular weight is 239 g/mol. The van der Waals surface area contributed by atoms with E-state index in [-0.39, 0.29) is 6.04 Å². The smallest absolute Gasteiger partial charge is 0.242 e. The van der Waals surface area contributed by atoms with E-state index in [0.717, 1.165) is 12.6 Å². The number of hydrogen-bond acceptors (Lipinski definition) is 3. The highest BCUT2D eigenvalue weighted by molar-refractivity contribution is 5.85. The van der Waals surface area contributed by atoms with Crippen molar-refractivity contribution in [3.63, 3.8) is 0 Å². The summed E-state index contributed by atoms with van der Waals surface area (Å²) in [5.74, 6) is -1.04. The quantitative estimate of drug-likeness (QED) is 0.814. The number of amides is 1. The zero-order valence-corrected chi connectivity index (χ0v) is 10.3. The second-order valence-corrected chi connectivity index (χ2v) is 4.33. The van der Waals surface area contributed by atoms with Gasteiger partial charge in [-0.3, -0.25) is 15.1 Å². The molecule has 5 heteroatoms. The van der Waals surface area contributed by atoms with Crippen molar-refractivity contribution in [3.8, 4) is 0 Å². The van der Waals surface area contributed by atoms with E-state index in [0.29, 0.717) is 5.56 Å². The van der Waals surface area contributed by atoms with E-state index in [1.807, 2.05) is 13.8 Å². The highest BCUT2D eigenvalue weighted by Gasteiger charge is 2.34. The summed E-state index contributed by atoms with van der Waals surface area (Å²) in [6, 6.07) is 1.36. The molecule has 3 N–H and O–H groups in total. The molecule has 2 unspecified atom stereocenters. The van der Waals surface area contributed by atoms with Crippen molar-refractivity contribution in [2.45, 2.75) is 38.8 Å². The molecule has 1 amide bonds. The molecule has 94 valence electrons. The molecule has 0 spiro atoms. The first-order valence-corrected chi connectivity index (χ1v) is 5.58. The molecule has 1 aromatic heterocycles. The average Bonchev–Trinajstić information content (AvgIpc) is 2.28. The number of aromatic nitrogens is 1. The third kappa shape index (κ3) is 3.00. The first-order chi connectivity index (χ1) is 7.90. The predicted octanol–water partition coefficient (Wildman–Crippen LogP) is 1.31. The van der Waals surface area contributed by atoms with Crippen molar-refractivity contribution in [2.24, 2.45) is 5.73 Å². The molecule has 1 heterocycles. The molecule has 1 rings (SSSR count). The summed E-state index contributed by atoms with van der Waals surface area (Å²) in [6.45, 7) is 5.56. The van der Waals surface area contributed by atoms with E-state index in [1.54, 1.807) is 6.92 Å². The fourth-order valence-electron chi connectivity index (χ4n) is 1.58. The Kier molecular flexibility index (Phi) is 4.17. The zero-order valence-electron chi connectivity index (χ0n) is 10.3. The van der Waals surface area contributed by atoms with Crippen LogP contribution < -0.4 is 11.1 Å². The Labute approximate surface area is 100 Å². The molecule has 0 saturated carbocycles. The van der Waals surface area contributed by atoms with Gasteiger partial charge in [-0.2, -0.15) is 0 Å². The van der Waals surface area contributed by atoms with Gasteiger partial charge < -0.3 is 5.73 Å². The third-order valence-corrected chi connectivity index (χ3v) is 2.92. The highest BCUT2D eigenvalue weighted by Crippen LogP contribution is 2.21. The summed E-state index contributed by atoms with van der Waals surface area (Å²) in [5, 5.41) is 3.10. The maximum absolute atomic E-state index is 13.1. The maximum atomic E-state index is 13.1. The Bertz CT molecular complexity index is 410. The van der Waals surface area contributed by atoms with Crippen molar-refractivity contribution < 1.29 is 9.18 Å². The number of halogens is 1. The van der Waals surface area contributed by atoms with Crippen LogP contribution in [0, 0.1) is 5.82 Å². The first kappa shape index (κ1) is 13.6. The molecule has 0 radical (unpaired) electrons. The Balaban J connectivity index is 3.11. The summed E-state index contributed by atoms with van der Waals surface area (Å²) < 4.78 is 13.1. The molecule has 4 nitrogen and oxygen atoms in total. The molecular weight excluding hydrogens is 221 g/mol. The second kappa shape index (κ2) is 5.23. The van der Waals surface area contributed by atoms with Crippen molar-refractivity contribution >= 4 is 5.91 Å². The first-order valence-electron chi connectivity index (χ1n) is 5.58. The van der Waals surface area contributed by atoms with Gasteiger partial charge in [0.2, 0.25) is 5.91 Å². The number of nitrogens with zero attached hydrogens (tertiary/aromatic N) is 1. The fourth-order valence-corrected chi connectivity index (χ4v) is 1.58. The molecule has 0 fully saturated rings. The molecule has 0 bridgehead atoms. The minimum Gasteiger partial charge on any atom is -0.368 e. The van der Waals surface area contributed by atoms with Crippen molar-refractivity contribution in [3.05, 3.63) is 29.8 Å². The molecular formula is C12H18FN3O. The number of carbonyl (C=O) groups is 1. The fraction of sp³-hybridized carbons (Fsp3) is 0.500. The van der Waals surface area contributed by atoms with Crippen molar-refractivity contribution in [1.29, 1.82) is 0 Å². The van der Waals surface area contributed by atoms with Gasteiger partial charge in [0.1, 0.15) is 11.4 Å². The molecule has 0 aromatic carbocycles. The minimum atomic E-state index is -1.11. The summed E-state index contributed by atoms with van der Waals surface area (Å²) in [5.41, 5.74) is 4.73. The number of nitrogens with two attached hydrogens (primary N) is 1. The topological polar surface area (TPSA) is 68.0 Å². The van der Waals surface area contributed by atoms with Crippen LogP contribution in [0.5, 0.6) is 0 Å². The van der Waals surface area contributed by atoms with Crippen molar-refractivity contribution in [2.75, 3.05) is 0 Å². The minimum absolute atomic E-state index is 0.0933. The standard InChI is InChI=1S/C12H18FN3O/c1-4-8(2)16-12(3,11(14)17)9-5-10(13)7-15-6-9/h5-8,16H,4H2,1-3H3,(H2,14,17). The lowest BCUT2D eigenvalue weighted by Gasteiger charge is -2.31. The second-order valence-electron chi connectivity index (χ2n) is 4.33. The van der Waals surface area contributed by atoms with Crippen molar-refractivity contribution in [1.82, 2.24) is 10.3 Å². The van der Waals surface area contributed by atoms with Gasteiger partial charge in [-0.1, -0.05) is 6.92 Å². The van der Waals surface area contributed by atoms with Gasteiger partial charge in [0.25, 0.3) is 0 Å². The van der Waals surface area contributed by atoms with Crippen LogP contribution in [0.25, 0.3) is 0 Å². The largest absolute Gasteiger partial charge is 0.368 e. The Morgan fingerprint density at radius 1 is 1.65 bits per heavy atom. The Morgan fingerprint density at radius 3 is 2.76 bits per heavy atom. The Hall–Kier alpha value is -1.49. The molecule has 0 saturated heterocycles. The van der Waals surface area contributed by atoms with Crippen LogP contribution in [0.4, 0.5) is 4.39 Å². The molecule has 2 atom stereocenters. The van der Waals surface area contributed by atoms with Crippen LogP contribution in [-0.4, -0.2) is 16.9 Å². The summed E-state index contributed by atoms with van der Waals surface area (Å²) in [6.07, 6.45) is 3.38. The lowest BCUT2D eigenvalue weighted by Crippen LogP contribution is -2.53. The zero-order chi connectivity index (χ0) is 13.1. The lowest BCUT2D eigenvalue weighted by atomic mass is 9.91. The number of rotatable bonds is 5. The molecule has 1 aromatic rings. The van der Waals surface area contributed by atoms with Crippen LogP contribution in [0.1, 0.15) is 32.8 Å². The third-order valence-electron chi connectivity index (χ3n) is 2.92. The number of nitrogens with one attached hydrogen (secondary N) is 1. The van der Waals surface area contributed by atoms with Gasteiger partial charge in [0, 0.05) is 17.8 Å². The molecule has 0 aliphatic heterocycles. The highest BCUT2D eigenvalue weighted by atomic mass is 19.1. The Morgan fingerprint density at radius 2 is 2.29 bits per heavy atom. The van der Waals surface area contributed by atoms with Crippen LogP contribution in [0.15, 0.2) is 18.5 Å². The number of carbonyl (C=O) groups excluding carboxylic acids is 1. The van der Waals surface area contributed by atoms with Crippen LogP contribution in [0.3, 0.4) is 0 Å². The van der Waals surface area contributed by atoms with Gasteiger partial charge in [-0.05, 0) is 26.3 Å². The van der Waals surface area contributed by atoms with Crippen LogP contribution in [0.2, 0.25) is 0 Å². The SMILES string of the molecule is CCC(C)NC(C)(C(N)=O)c1cncc(F)c1. The maximum Gasteiger partial charge on any atom is 0.242 e. The van der Waals surface area contributed by atoms with E-state index in [4.69, 9.17) is 5.73 Å². The van der Waals surface area contributed by atoms with E-state index in [2.05, 4.69) is 10.3 Å². The van der Waals surface area contributed by atoms with Gasteiger partial charge in [0.05, 0.1) is 6.20 Å². The van der Waals surface area contributed by atoms with Gasteiger partial charge in [0.15, 0.2) is 0 Å². The number of primary amides is 1. The predicted molar refractivity (Wildman–Crippen MR) is 63.6 cm³/mol. The summed E-state index contributed by atoms with van der Waals surface area (Å²) in [7, 11) is 0. The van der Waals surface area contributed by atoms with Crippen LogP contribution in [-0.2, 0) is 10.3 Å². The molecule has 0 aliphatic rings. The van der Waals surface area contributed by atoms with E-state index < -0.39 is 17.3 Å². The number of hydrogen-bond donors (Lipinski definition) is 2. The normalized spacial score (nSPS) is 16.2. The van der Waals surface area contributed by atoms with Gasteiger partial charge in [-0.15, -0.1) is 0 Å². The number of pyridine rings is 1. The van der Waals surface area contributed by atoms with Crippen LogP contribution >= 0.6 is 0 Å². The molecule has 17 heavy (non-hydrogen) atoms. The van der Waals surface area contributed by atoms with Gasteiger partial charge >= 0.3 is 0 Å². The van der Waals surface area contributed by atoms with E-state index in [9.17, 15) is 9.18 Å². The molecule has 0 aliphatic carbocycles. The summed E-state index contributed by atoms with van der Waals surface area (Å²) in [4.78, 5) is 15.3. The summed E-state index contributed by atoms with van der Waals surface area (Å²) >= 11 is 0.